The largest absolute Gasteiger partial charge is 0.386 e. The Hall–Kier alpha value is -3.46. The zero-order valence-corrected chi connectivity index (χ0v) is 26.8. The number of aliphatic imine (C=N–C) groups is 1. The predicted molar refractivity (Wildman–Crippen MR) is 173 cm³/mol. The van der Waals surface area contributed by atoms with Gasteiger partial charge in [0.1, 0.15) is 6.07 Å². The lowest BCUT2D eigenvalue weighted by atomic mass is 9.91. The first kappa shape index (κ1) is 34.6. The second-order valence-corrected chi connectivity index (χ2v) is 11.8. The zero-order valence-electron chi connectivity index (χ0n) is 26.8. The van der Waals surface area contributed by atoms with E-state index in [0.717, 1.165) is 59.9 Å². The van der Waals surface area contributed by atoms with Crippen molar-refractivity contribution in [3.05, 3.63) is 83.3 Å². The molecule has 0 amide bonds. The van der Waals surface area contributed by atoms with E-state index in [1.807, 2.05) is 52.1 Å². The highest BCUT2D eigenvalue weighted by molar-refractivity contribution is 5.92. The molecule has 1 aliphatic rings. The van der Waals surface area contributed by atoms with Crippen molar-refractivity contribution in [1.82, 2.24) is 20.9 Å². The molecule has 1 heterocycles. The van der Waals surface area contributed by atoms with Crippen LogP contribution in [0.4, 0.5) is 0 Å². The molecule has 0 spiro atoms. The summed E-state index contributed by atoms with van der Waals surface area (Å²) in [6, 6.07) is 2.76. The molecule has 0 aromatic rings. The Morgan fingerprint density at radius 3 is 2.58 bits per heavy atom. The van der Waals surface area contributed by atoms with Gasteiger partial charge in [0.15, 0.2) is 0 Å². The summed E-state index contributed by atoms with van der Waals surface area (Å²) >= 11 is 0. The monoisotopic (exact) mass is 546 g/mol. The maximum Gasteiger partial charge on any atom is 0.101 e. The maximum absolute atomic E-state index is 10.0. The first-order valence-corrected chi connectivity index (χ1v) is 14.5. The topological polar surface area (TPSA) is 75.5 Å². The molecule has 0 saturated carbocycles. The van der Waals surface area contributed by atoms with Gasteiger partial charge >= 0.3 is 0 Å². The molecule has 6 heteroatoms. The minimum absolute atomic E-state index is 0.141. The lowest BCUT2D eigenvalue weighted by molar-refractivity contribution is 0.391. The van der Waals surface area contributed by atoms with Crippen molar-refractivity contribution in [1.29, 1.82) is 5.26 Å². The third kappa shape index (κ3) is 12.6. The number of nitriles is 1. The minimum Gasteiger partial charge on any atom is -0.386 e. The van der Waals surface area contributed by atoms with Crippen LogP contribution in [0.3, 0.4) is 0 Å². The number of nitrogens with zero attached hydrogens (tertiary/aromatic N) is 3. The number of hydrogen-bond donors (Lipinski definition) is 3. The molecule has 2 atom stereocenters. The van der Waals surface area contributed by atoms with Gasteiger partial charge in [0.25, 0.3) is 0 Å². The molecule has 220 valence electrons. The Balaban J connectivity index is 3.03. The highest BCUT2D eigenvalue weighted by Crippen LogP contribution is 2.22. The highest BCUT2D eigenvalue weighted by atomic mass is 15.1. The molecule has 0 bridgehead atoms. The van der Waals surface area contributed by atoms with Crippen LogP contribution in [0.15, 0.2) is 88.3 Å². The molecule has 1 rings (SSSR count). The van der Waals surface area contributed by atoms with E-state index in [-0.39, 0.29) is 17.5 Å². The van der Waals surface area contributed by atoms with E-state index in [1.54, 1.807) is 0 Å². The second kappa shape index (κ2) is 17.3. The van der Waals surface area contributed by atoms with Crippen molar-refractivity contribution in [3.63, 3.8) is 0 Å². The van der Waals surface area contributed by atoms with Crippen molar-refractivity contribution < 1.29 is 0 Å². The standard InChI is InChI=1S/C34H54N6/c1-12-16-32-33(40(11)19-13-2)18-15-17-30(24-37-32)39-31(14-3)29(22-35)20-25(4)28(7)36-23-27(6)38-26(5)21-34(8,9)10/h13-15,18-20,24,27,33,36,38-39H,5,12,16-17,21,23H2,1-4,6-11H3/b18-15?,19-13-,28-25+,29-20-,30-24+,31-14-,37-32-. The third-order valence-electron chi connectivity index (χ3n) is 6.53. The van der Waals surface area contributed by atoms with E-state index in [2.05, 4.69) is 93.5 Å². The van der Waals surface area contributed by atoms with Gasteiger partial charge in [0, 0.05) is 55.1 Å². The van der Waals surface area contributed by atoms with Crippen LogP contribution in [-0.2, 0) is 0 Å². The molecule has 0 radical (unpaired) electrons. The second-order valence-electron chi connectivity index (χ2n) is 11.8. The van der Waals surface area contributed by atoms with Crippen molar-refractivity contribution in [2.75, 3.05) is 13.6 Å². The van der Waals surface area contributed by atoms with Gasteiger partial charge < -0.3 is 20.9 Å². The van der Waals surface area contributed by atoms with E-state index in [9.17, 15) is 5.26 Å². The number of allylic oxidation sites excluding steroid dienone is 8. The van der Waals surface area contributed by atoms with Crippen LogP contribution in [0, 0.1) is 16.7 Å². The van der Waals surface area contributed by atoms with Gasteiger partial charge in [-0.15, -0.1) is 0 Å². The maximum atomic E-state index is 10.0. The minimum atomic E-state index is 0.141. The van der Waals surface area contributed by atoms with Crippen LogP contribution in [0.5, 0.6) is 0 Å². The lowest BCUT2D eigenvalue weighted by Crippen LogP contribution is -2.36. The van der Waals surface area contributed by atoms with Gasteiger partial charge in [0.2, 0.25) is 0 Å². The van der Waals surface area contributed by atoms with Crippen molar-refractivity contribution in [3.8, 4) is 6.07 Å². The Morgan fingerprint density at radius 1 is 1.30 bits per heavy atom. The van der Waals surface area contributed by atoms with Crippen LogP contribution in [0.2, 0.25) is 0 Å². The fraction of sp³-hybridized carbons (Fsp3) is 0.529. The van der Waals surface area contributed by atoms with Gasteiger partial charge in [-0.1, -0.05) is 65.0 Å². The Labute approximate surface area is 245 Å². The van der Waals surface area contributed by atoms with Crippen LogP contribution in [-0.4, -0.2) is 36.3 Å². The molecule has 40 heavy (non-hydrogen) atoms. The highest BCUT2D eigenvalue weighted by Gasteiger charge is 2.17. The van der Waals surface area contributed by atoms with Crippen molar-refractivity contribution >= 4 is 5.71 Å². The first-order valence-electron chi connectivity index (χ1n) is 14.5. The summed E-state index contributed by atoms with van der Waals surface area (Å²) in [5.74, 6) is 0. The molecule has 2 unspecified atom stereocenters. The number of likely N-dealkylation sites (N-methyl/N-ethyl adjacent to an activating group) is 1. The SMILES string of the molecule is C=C(CC(C)(C)C)NC(C)CN/C(C)=C(C)/C=C(C#N)\C(=C\C)N/C1=C/N=C(/CCC)C(N(C)/C=C\C)C=CC1. The average Bonchev–Trinajstić information content (AvgIpc) is 2.86. The summed E-state index contributed by atoms with van der Waals surface area (Å²) < 4.78 is 0. The molecule has 0 aromatic heterocycles. The normalized spacial score (nSPS) is 20.7. The molecular formula is C34H54N6. The number of hydrogen-bond acceptors (Lipinski definition) is 6. The fourth-order valence-corrected chi connectivity index (χ4v) is 4.47. The average molecular weight is 547 g/mol. The van der Waals surface area contributed by atoms with Gasteiger partial charge in [-0.25, -0.2) is 0 Å². The van der Waals surface area contributed by atoms with E-state index in [1.165, 1.54) is 0 Å². The molecule has 0 aromatic carbocycles. The molecule has 0 fully saturated rings. The van der Waals surface area contributed by atoms with Crippen LogP contribution in [0.25, 0.3) is 0 Å². The Morgan fingerprint density at radius 2 is 2.00 bits per heavy atom. The number of nitrogens with one attached hydrogen (secondary N) is 3. The quantitative estimate of drug-likeness (QED) is 0.119. The van der Waals surface area contributed by atoms with Crippen molar-refractivity contribution in [2.45, 2.75) is 100 Å². The summed E-state index contributed by atoms with van der Waals surface area (Å²) in [7, 11) is 2.08. The predicted octanol–water partition coefficient (Wildman–Crippen LogP) is 7.62. The molecular weight excluding hydrogens is 492 g/mol. The smallest absolute Gasteiger partial charge is 0.101 e. The molecule has 0 saturated heterocycles. The summed E-state index contributed by atoms with van der Waals surface area (Å²) in [4.78, 5) is 7.08. The van der Waals surface area contributed by atoms with Crippen LogP contribution >= 0.6 is 0 Å². The molecule has 1 aliphatic heterocycles. The molecule has 3 N–H and O–H groups in total. The third-order valence-corrected chi connectivity index (χ3v) is 6.53. The van der Waals surface area contributed by atoms with Gasteiger partial charge in [-0.2, -0.15) is 5.26 Å². The van der Waals surface area contributed by atoms with E-state index in [4.69, 9.17) is 4.99 Å². The van der Waals surface area contributed by atoms with E-state index in [0.29, 0.717) is 12.0 Å². The fourth-order valence-electron chi connectivity index (χ4n) is 4.47. The van der Waals surface area contributed by atoms with E-state index < -0.39 is 0 Å². The van der Waals surface area contributed by atoms with Gasteiger partial charge in [-0.05, 0) is 70.7 Å². The summed E-state index contributed by atoms with van der Waals surface area (Å²) in [5.41, 5.74) is 6.76. The first-order chi connectivity index (χ1) is 18.8. The van der Waals surface area contributed by atoms with Crippen LogP contribution < -0.4 is 16.0 Å². The summed E-state index contributed by atoms with van der Waals surface area (Å²) in [6.45, 7) is 24.0. The number of rotatable bonds is 14. The van der Waals surface area contributed by atoms with Gasteiger partial charge in [-0.3, -0.25) is 4.99 Å². The van der Waals surface area contributed by atoms with E-state index >= 15 is 0 Å². The van der Waals surface area contributed by atoms with Crippen molar-refractivity contribution in [2.24, 2.45) is 10.4 Å². The Kier molecular flexibility index (Phi) is 14.9. The molecule has 6 nitrogen and oxygen atoms in total. The Bertz CT molecular complexity index is 1100. The summed E-state index contributed by atoms with van der Waals surface area (Å²) in [5, 5.41) is 20.5. The summed E-state index contributed by atoms with van der Waals surface area (Å²) in [6.07, 6.45) is 17.9. The zero-order chi connectivity index (χ0) is 30.3. The van der Waals surface area contributed by atoms with Crippen LogP contribution in [0.1, 0.15) is 88.0 Å². The van der Waals surface area contributed by atoms with Gasteiger partial charge in [0.05, 0.1) is 17.3 Å². The molecule has 0 aliphatic carbocycles. The lowest BCUT2D eigenvalue weighted by Gasteiger charge is -2.26.